The summed E-state index contributed by atoms with van der Waals surface area (Å²) in [5.41, 5.74) is 0.294. The molecule has 4 heterocycles. The number of likely N-dealkylation sites (tertiary alicyclic amines) is 2. The largest absolute Gasteiger partial charge is 0.337 e. The monoisotopic (exact) mass is 347 g/mol. The Morgan fingerprint density at radius 3 is 2.96 bits per heavy atom. The van der Waals surface area contributed by atoms with Gasteiger partial charge in [0.25, 0.3) is 5.91 Å². The van der Waals surface area contributed by atoms with Crippen molar-refractivity contribution in [1.29, 1.82) is 0 Å². The minimum absolute atomic E-state index is 0.220. The number of thiophene rings is 1. The quantitative estimate of drug-likeness (QED) is 0.854. The minimum atomic E-state index is 0.220. The number of hydrogen-bond acceptors (Lipinski definition) is 5. The molecule has 4 nitrogen and oxygen atoms in total. The van der Waals surface area contributed by atoms with Crippen LogP contribution in [0.1, 0.15) is 33.9 Å². The average molecular weight is 348 g/mol. The van der Waals surface area contributed by atoms with Crippen LogP contribution in [0, 0.1) is 5.41 Å². The number of amides is 1. The molecule has 0 radical (unpaired) electrons. The van der Waals surface area contributed by atoms with Crippen LogP contribution < -0.4 is 0 Å². The highest BCUT2D eigenvalue weighted by molar-refractivity contribution is 7.12. The highest BCUT2D eigenvalue weighted by Gasteiger charge is 2.42. The van der Waals surface area contributed by atoms with Crippen molar-refractivity contribution in [2.24, 2.45) is 5.41 Å². The fourth-order valence-electron chi connectivity index (χ4n) is 3.96. The smallest absolute Gasteiger partial charge is 0.263 e. The zero-order chi connectivity index (χ0) is 15.7. The Hall–Kier alpha value is -1.24. The Labute approximate surface area is 144 Å². The van der Waals surface area contributed by atoms with Gasteiger partial charge in [0.2, 0.25) is 0 Å². The van der Waals surface area contributed by atoms with Gasteiger partial charge in [0.15, 0.2) is 0 Å². The Morgan fingerprint density at radius 1 is 1.22 bits per heavy atom. The van der Waals surface area contributed by atoms with Crippen molar-refractivity contribution in [1.82, 2.24) is 14.8 Å². The highest BCUT2D eigenvalue weighted by atomic mass is 32.1. The standard InChI is InChI=1S/C17H21N3OS2/c21-16(14-3-1-9-22-14)20-7-2-4-17(13-20)5-8-19(12-17)11-15-18-6-10-23-15/h1,3,6,9-10H,2,4-5,7-8,11-13H2/t17-/m0/s1. The maximum Gasteiger partial charge on any atom is 0.263 e. The normalized spacial score (nSPS) is 25.3. The van der Waals surface area contributed by atoms with Gasteiger partial charge in [-0.05, 0) is 37.3 Å². The van der Waals surface area contributed by atoms with Crippen LogP contribution >= 0.6 is 22.7 Å². The summed E-state index contributed by atoms with van der Waals surface area (Å²) in [4.78, 5) is 22.5. The van der Waals surface area contributed by atoms with E-state index in [0.29, 0.717) is 5.41 Å². The molecule has 2 aliphatic rings. The van der Waals surface area contributed by atoms with Crippen molar-refractivity contribution in [3.63, 3.8) is 0 Å². The molecular formula is C17H21N3OS2. The maximum atomic E-state index is 12.7. The lowest BCUT2D eigenvalue weighted by molar-refractivity contribution is 0.0531. The van der Waals surface area contributed by atoms with E-state index < -0.39 is 0 Å². The molecule has 0 saturated carbocycles. The van der Waals surface area contributed by atoms with Crippen molar-refractivity contribution in [2.75, 3.05) is 26.2 Å². The molecule has 6 heteroatoms. The SMILES string of the molecule is O=C(c1cccs1)N1CCC[C@@]2(CCN(Cc3nccs3)C2)C1. The molecule has 0 aliphatic carbocycles. The summed E-state index contributed by atoms with van der Waals surface area (Å²) in [7, 11) is 0. The molecule has 23 heavy (non-hydrogen) atoms. The summed E-state index contributed by atoms with van der Waals surface area (Å²) in [6.07, 6.45) is 5.46. The summed E-state index contributed by atoms with van der Waals surface area (Å²) in [6, 6.07) is 3.90. The van der Waals surface area contributed by atoms with E-state index in [1.807, 2.05) is 29.1 Å². The fourth-order valence-corrected chi connectivity index (χ4v) is 5.30. The molecule has 2 saturated heterocycles. The molecule has 2 fully saturated rings. The maximum absolute atomic E-state index is 12.7. The van der Waals surface area contributed by atoms with Gasteiger partial charge in [0, 0.05) is 36.6 Å². The van der Waals surface area contributed by atoms with Gasteiger partial charge in [-0.15, -0.1) is 22.7 Å². The molecule has 0 bridgehead atoms. The zero-order valence-electron chi connectivity index (χ0n) is 13.1. The van der Waals surface area contributed by atoms with Crippen LogP contribution in [0.2, 0.25) is 0 Å². The molecule has 1 spiro atoms. The Kier molecular flexibility index (Phi) is 4.22. The number of aromatic nitrogens is 1. The Morgan fingerprint density at radius 2 is 2.17 bits per heavy atom. The van der Waals surface area contributed by atoms with Crippen LogP contribution in [0.3, 0.4) is 0 Å². The molecule has 2 aliphatic heterocycles. The number of carbonyl (C=O) groups is 1. The van der Waals surface area contributed by atoms with Gasteiger partial charge in [-0.3, -0.25) is 9.69 Å². The Bertz CT molecular complexity index is 655. The van der Waals surface area contributed by atoms with E-state index in [2.05, 4.69) is 14.8 Å². The highest BCUT2D eigenvalue weighted by Crippen LogP contribution is 2.40. The number of nitrogens with zero attached hydrogens (tertiary/aromatic N) is 3. The van der Waals surface area contributed by atoms with Crippen LogP contribution in [0.4, 0.5) is 0 Å². The summed E-state index contributed by atoms with van der Waals surface area (Å²) in [5.74, 6) is 0.220. The minimum Gasteiger partial charge on any atom is -0.337 e. The van der Waals surface area contributed by atoms with Crippen LogP contribution in [0.15, 0.2) is 29.1 Å². The third kappa shape index (κ3) is 3.20. The third-order valence-corrected chi connectivity index (χ3v) is 6.66. The lowest BCUT2D eigenvalue weighted by atomic mass is 9.79. The number of carbonyl (C=O) groups excluding carboxylic acids is 1. The van der Waals surface area contributed by atoms with Crippen molar-refractivity contribution in [3.8, 4) is 0 Å². The summed E-state index contributed by atoms with van der Waals surface area (Å²) < 4.78 is 0. The van der Waals surface area contributed by atoms with Gasteiger partial charge >= 0.3 is 0 Å². The van der Waals surface area contributed by atoms with Crippen LogP contribution in [0.5, 0.6) is 0 Å². The molecule has 1 amide bonds. The van der Waals surface area contributed by atoms with Gasteiger partial charge in [0.1, 0.15) is 5.01 Å². The van der Waals surface area contributed by atoms with Gasteiger partial charge < -0.3 is 4.90 Å². The van der Waals surface area contributed by atoms with Crippen molar-refractivity contribution in [2.45, 2.75) is 25.8 Å². The van der Waals surface area contributed by atoms with Crippen LogP contribution in [-0.2, 0) is 6.54 Å². The second-order valence-electron chi connectivity index (χ2n) is 6.69. The second kappa shape index (κ2) is 6.34. The van der Waals surface area contributed by atoms with Crippen LogP contribution in [0.25, 0.3) is 0 Å². The average Bonchev–Trinajstić information content (AvgIpc) is 3.30. The molecule has 2 aromatic rings. The van der Waals surface area contributed by atoms with E-state index in [9.17, 15) is 4.79 Å². The molecule has 4 rings (SSSR count). The molecule has 0 unspecified atom stereocenters. The third-order valence-electron chi connectivity index (χ3n) is 5.04. The molecular weight excluding hydrogens is 326 g/mol. The first-order valence-electron chi connectivity index (χ1n) is 8.18. The summed E-state index contributed by atoms with van der Waals surface area (Å²) >= 11 is 3.28. The summed E-state index contributed by atoms with van der Waals surface area (Å²) in [5, 5.41) is 5.23. The van der Waals surface area contributed by atoms with Gasteiger partial charge in [0.05, 0.1) is 11.4 Å². The molecule has 1 atom stereocenters. The molecule has 0 aromatic carbocycles. The van der Waals surface area contributed by atoms with E-state index in [4.69, 9.17) is 0 Å². The number of thiazole rings is 1. The number of rotatable bonds is 3. The van der Waals surface area contributed by atoms with Crippen molar-refractivity contribution in [3.05, 3.63) is 39.0 Å². The van der Waals surface area contributed by atoms with E-state index >= 15 is 0 Å². The predicted octanol–water partition coefficient (Wildman–Crippen LogP) is 3.33. The van der Waals surface area contributed by atoms with E-state index in [0.717, 1.165) is 44.0 Å². The topological polar surface area (TPSA) is 36.4 Å². The van der Waals surface area contributed by atoms with Crippen molar-refractivity contribution >= 4 is 28.6 Å². The second-order valence-corrected chi connectivity index (χ2v) is 8.62. The molecule has 122 valence electrons. The zero-order valence-corrected chi connectivity index (χ0v) is 14.7. The predicted molar refractivity (Wildman–Crippen MR) is 93.9 cm³/mol. The first-order chi connectivity index (χ1) is 11.2. The summed E-state index contributed by atoms with van der Waals surface area (Å²) in [6.45, 7) is 5.00. The fraction of sp³-hybridized carbons (Fsp3) is 0.529. The van der Waals surface area contributed by atoms with Gasteiger partial charge in [-0.25, -0.2) is 4.98 Å². The van der Waals surface area contributed by atoms with Gasteiger partial charge in [-0.2, -0.15) is 0 Å². The van der Waals surface area contributed by atoms with Gasteiger partial charge in [-0.1, -0.05) is 6.07 Å². The first-order valence-corrected chi connectivity index (χ1v) is 9.94. The molecule has 2 aromatic heterocycles. The Balaban J connectivity index is 1.42. The van der Waals surface area contributed by atoms with Crippen LogP contribution in [-0.4, -0.2) is 46.9 Å². The lowest BCUT2D eigenvalue weighted by Crippen LogP contribution is -2.47. The lowest BCUT2D eigenvalue weighted by Gasteiger charge is -2.40. The van der Waals surface area contributed by atoms with Crippen molar-refractivity contribution < 1.29 is 4.79 Å². The van der Waals surface area contributed by atoms with E-state index in [1.54, 1.807) is 22.7 Å². The first kappa shape index (κ1) is 15.3. The number of hydrogen-bond donors (Lipinski definition) is 0. The van der Waals surface area contributed by atoms with E-state index in [-0.39, 0.29) is 5.91 Å². The number of piperidine rings is 1. The molecule has 0 N–H and O–H groups in total. The van der Waals surface area contributed by atoms with E-state index in [1.165, 1.54) is 17.8 Å².